The number of hydrogen-bond donors (Lipinski definition) is 1. The topological polar surface area (TPSA) is 21.3 Å². The molecule has 0 heterocycles. The van der Waals surface area contributed by atoms with Crippen LogP contribution in [0.3, 0.4) is 0 Å². The van der Waals surface area contributed by atoms with Gasteiger partial charge < -0.3 is 10.1 Å². The number of rotatable bonds is 10. The molecule has 0 radical (unpaired) electrons. The monoisotopic (exact) mass is 355 g/mol. The minimum absolute atomic E-state index is 0.513. The van der Waals surface area contributed by atoms with Crippen LogP contribution in [0.2, 0.25) is 0 Å². The van der Waals surface area contributed by atoms with Crippen molar-refractivity contribution in [2.24, 2.45) is 5.92 Å². The highest BCUT2D eigenvalue weighted by Crippen LogP contribution is 2.21. The normalized spacial score (nSPS) is 13.1. The number of nitrogens with one attached hydrogen (secondary N) is 1. The molecule has 1 unspecified atom stereocenters. The van der Waals surface area contributed by atoms with Crippen LogP contribution in [-0.4, -0.2) is 25.8 Å². The van der Waals surface area contributed by atoms with Gasteiger partial charge in [0.15, 0.2) is 0 Å². The lowest BCUT2D eigenvalue weighted by atomic mass is 9.96. The first kappa shape index (κ1) is 18.7. The molecule has 0 aliphatic carbocycles. The van der Waals surface area contributed by atoms with Crippen LogP contribution in [0.15, 0.2) is 28.7 Å². The van der Waals surface area contributed by atoms with Gasteiger partial charge in [0.05, 0.1) is 0 Å². The summed E-state index contributed by atoms with van der Waals surface area (Å²) in [4.78, 5) is 0. The zero-order chi connectivity index (χ0) is 15.7. The van der Waals surface area contributed by atoms with Crippen LogP contribution >= 0.6 is 15.9 Å². The second-order valence-electron chi connectivity index (χ2n) is 6.39. The summed E-state index contributed by atoms with van der Waals surface area (Å²) >= 11 is 3.50. The molecule has 0 aromatic heterocycles. The molecule has 0 spiro atoms. The number of benzene rings is 1. The van der Waals surface area contributed by atoms with Crippen molar-refractivity contribution in [1.29, 1.82) is 0 Å². The van der Waals surface area contributed by atoms with Gasteiger partial charge in [-0.05, 0) is 42.4 Å². The molecule has 1 aromatic rings. The third kappa shape index (κ3) is 8.60. The Hall–Kier alpha value is -0.380. The fraction of sp³-hybridized carbons (Fsp3) is 0.667. The molecule has 21 heavy (non-hydrogen) atoms. The van der Waals surface area contributed by atoms with Gasteiger partial charge in [0.2, 0.25) is 0 Å². The Morgan fingerprint density at radius 1 is 1.00 bits per heavy atom. The first-order valence-electron chi connectivity index (χ1n) is 8.05. The molecule has 0 saturated carbocycles. The van der Waals surface area contributed by atoms with Gasteiger partial charge >= 0.3 is 0 Å². The Labute approximate surface area is 138 Å². The van der Waals surface area contributed by atoms with Crippen LogP contribution in [0.25, 0.3) is 0 Å². The highest BCUT2D eigenvalue weighted by atomic mass is 79.9. The zero-order valence-corrected chi connectivity index (χ0v) is 15.4. The van der Waals surface area contributed by atoms with E-state index >= 15 is 0 Å². The fourth-order valence-corrected chi connectivity index (χ4v) is 2.41. The highest BCUT2D eigenvalue weighted by Gasteiger charge is 2.12. The summed E-state index contributed by atoms with van der Waals surface area (Å²) in [6.45, 7) is 11.6. The smallest absolute Gasteiger partial charge is 0.0472 e. The summed E-state index contributed by atoms with van der Waals surface area (Å²) in [5, 5.41) is 3.55. The van der Waals surface area contributed by atoms with Gasteiger partial charge in [0, 0.05) is 30.3 Å². The van der Waals surface area contributed by atoms with Gasteiger partial charge in [-0.2, -0.15) is 0 Å². The van der Waals surface area contributed by atoms with Gasteiger partial charge in [-0.3, -0.25) is 0 Å². The molecule has 3 heteroatoms. The van der Waals surface area contributed by atoms with Gasteiger partial charge in [0.25, 0.3) is 0 Å². The van der Waals surface area contributed by atoms with E-state index in [2.05, 4.69) is 73.2 Å². The van der Waals surface area contributed by atoms with Crippen molar-refractivity contribution in [1.82, 2.24) is 5.32 Å². The largest absolute Gasteiger partial charge is 0.381 e. The Balaban J connectivity index is 2.46. The molecule has 0 saturated heterocycles. The molecule has 1 atom stereocenters. The Kier molecular flexibility index (Phi) is 9.21. The van der Waals surface area contributed by atoms with Crippen LogP contribution in [0.4, 0.5) is 0 Å². The van der Waals surface area contributed by atoms with Crippen molar-refractivity contribution in [3.63, 3.8) is 0 Å². The molecule has 0 amide bonds. The van der Waals surface area contributed by atoms with Crippen LogP contribution in [0.5, 0.6) is 0 Å². The van der Waals surface area contributed by atoms with E-state index in [1.165, 1.54) is 5.56 Å². The molecular formula is C18H30BrNO. The lowest BCUT2D eigenvalue weighted by Crippen LogP contribution is -2.28. The van der Waals surface area contributed by atoms with E-state index in [9.17, 15) is 0 Å². The average molecular weight is 356 g/mol. The lowest BCUT2D eigenvalue weighted by Gasteiger charge is -2.20. The van der Waals surface area contributed by atoms with E-state index in [4.69, 9.17) is 4.74 Å². The second kappa shape index (κ2) is 10.4. The van der Waals surface area contributed by atoms with Crippen molar-refractivity contribution in [2.45, 2.75) is 52.5 Å². The van der Waals surface area contributed by atoms with Crippen LogP contribution in [-0.2, 0) is 4.74 Å². The van der Waals surface area contributed by atoms with Crippen molar-refractivity contribution in [3.05, 3.63) is 34.3 Å². The molecule has 0 fully saturated rings. The minimum Gasteiger partial charge on any atom is -0.381 e. The molecule has 2 nitrogen and oxygen atoms in total. The second-order valence-corrected chi connectivity index (χ2v) is 7.31. The van der Waals surface area contributed by atoms with Crippen molar-refractivity contribution in [3.8, 4) is 0 Å². The number of halogens is 1. The van der Waals surface area contributed by atoms with Gasteiger partial charge in [-0.15, -0.1) is 0 Å². The maximum Gasteiger partial charge on any atom is 0.0472 e. The summed E-state index contributed by atoms with van der Waals surface area (Å²) in [5.74, 6) is 1.23. The molecule has 1 aromatic carbocycles. The van der Waals surface area contributed by atoms with Crippen LogP contribution in [0.1, 0.15) is 52.0 Å². The third-order valence-corrected chi connectivity index (χ3v) is 4.09. The zero-order valence-electron chi connectivity index (χ0n) is 13.9. The minimum atomic E-state index is 0.513. The lowest BCUT2D eigenvalue weighted by molar-refractivity contribution is 0.116. The number of ether oxygens (including phenoxy) is 1. The summed E-state index contributed by atoms with van der Waals surface area (Å²) in [6.07, 6.45) is 2.21. The molecular weight excluding hydrogens is 326 g/mol. The SMILES string of the molecule is CC(C)CCOCCC(CNC(C)C)c1ccc(Br)cc1. The number of hydrogen-bond acceptors (Lipinski definition) is 2. The van der Waals surface area contributed by atoms with E-state index in [-0.39, 0.29) is 0 Å². The maximum atomic E-state index is 5.79. The van der Waals surface area contributed by atoms with Gasteiger partial charge in [0.1, 0.15) is 0 Å². The molecule has 1 N–H and O–H groups in total. The highest BCUT2D eigenvalue weighted by molar-refractivity contribution is 9.10. The quantitative estimate of drug-likeness (QED) is 0.597. The summed E-state index contributed by atoms with van der Waals surface area (Å²) in [7, 11) is 0. The molecule has 120 valence electrons. The van der Waals surface area contributed by atoms with Crippen molar-refractivity contribution in [2.75, 3.05) is 19.8 Å². The predicted octanol–water partition coefficient (Wildman–Crippen LogP) is 4.98. The first-order chi connectivity index (χ1) is 9.99. The molecule has 0 aliphatic rings. The fourth-order valence-electron chi connectivity index (χ4n) is 2.15. The van der Waals surface area contributed by atoms with Crippen molar-refractivity contribution >= 4 is 15.9 Å². The average Bonchev–Trinajstić information content (AvgIpc) is 2.42. The first-order valence-corrected chi connectivity index (χ1v) is 8.85. The molecule has 0 bridgehead atoms. The van der Waals surface area contributed by atoms with Gasteiger partial charge in [-0.25, -0.2) is 0 Å². The van der Waals surface area contributed by atoms with Gasteiger partial charge in [-0.1, -0.05) is 55.8 Å². The Morgan fingerprint density at radius 3 is 2.19 bits per heavy atom. The molecule has 1 rings (SSSR count). The summed E-state index contributed by atoms with van der Waals surface area (Å²) < 4.78 is 6.92. The standard InChI is InChI=1S/C18H30BrNO/c1-14(2)9-11-21-12-10-17(13-20-15(3)4)16-5-7-18(19)8-6-16/h5-8,14-15,17,20H,9-13H2,1-4H3. The van der Waals surface area contributed by atoms with Crippen LogP contribution < -0.4 is 5.32 Å². The summed E-state index contributed by atoms with van der Waals surface area (Å²) in [6, 6.07) is 9.19. The summed E-state index contributed by atoms with van der Waals surface area (Å²) in [5.41, 5.74) is 1.39. The Bertz CT molecular complexity index is 375. The Morgan fingerprint density at radius 2 is 1.62 bits per heavy atom. The van der Waals surface area contributed by atoms with E-state index in [1.807, 2.05) is 0 Å². The third-order valence-electron chi connectivity index (χ3n) is 3.56. The van der Waals surface area contributed by atoms with E-state index in [0.29, 0.717) is 12.0 Å². The van der Waals surface area contributed by atoms with E-state index in [0.717, 1.165) is 43.0 Å². The van der Waals surface area contributed by atoms with E-state index in [1.54, 1.807) is 0 Å². The maximum absolute atomic E-state index is 5.79. The predicted molar refractivity (Wildman–Crippen MR) is 94.9 cm³/mol. The van der Waals surface area contributed by atoms with Crippen molar-refractivity contribution < 1.29 is 4.74 Å². The van der Waals surface area contributed by atoms with Crippen LogP contribution in [0, 0.1) is 5.92 Å². The van der Waals surface area contributed by atoms with E-state index < -0.39 is 0 Å². The molecule has 0 aliphatic heterocycles.